The van der Waals surface area contributed by atoms with Gasteiger partial charge in [-0.15, -0.1) is 0 Å². The van der Waals surface area contributed by atoms with Crippen LogP contribution in [0.3, 0.4) is 0 Å². The van der Waals surface area contributed by atoms with Crippen LogP contribution in [-0.2, 0) is 26.4 Å². The second-order valence-electron chi connectivity index (χ2n) is 10.2. The molecule has 0 radical (unpaired) electrons. The Bertz CT molecular complexity index is 1130. The van der Waals surface area contributed by atoms with Gasteiger partial charge in [-0.1, -0.05) is 37.3 Å². The Balaban J connectivity index is 1.48. The van der Waals surface area contributed by atoms with Crippen LogP contribution in [0.15, 0.2) is 48.5 Å². The van der Waals surface area contributed by atoms with E-state index < -0.39 is 20.0 Å². The maximum atomic E-state index is 14.1. The first-order valence-corrected chi connectivity index (χ1v) is 15.2. The fourth-order valence-electron chi connectivity index (χ4n) is 6.18. The van der Waals surface area contributed by atoms with Crippen LogP contribution in [-0.4, -0.2) is 56.1 Å². The molecule has 5 rings (SSSR count). The van der Waals surface area contributed by atoms with Gasteiger partial charge in [0.05, 0.1) is 24.9 Å². The standard InChI is InChI=1S/C26H32N2O6Si/c1-17-23(35(2,3)32)22(12-14-29)34-26(17)20-6-4-5-7-21(20)28(24(26)30)16-18-8-10-19(11-9-18)27-13-15-33-25(27)31/h4-11,17,22-23,29,32H,12-16H2,1-3H3/t17-,22+,23-,26+/m0/s1. The molecule has 2 amide bonds. The summed E-state index contributed by atoms with van der Waals surface area (Å²) >= 11 is 0. The number of benzene rings is 2. The normalized spacial score (nSPS) is 28.2. The number of carbonyl (C=O) groups excluding carboxylic acids is 2. The Kier molecular flexibility index (Phi) is 5.99. The number of rotatable bonds is 6. The first-order valence-electron chi connectivity index (χ1n) is 12.1. The summed E-state index contributed by atoms with van der Waals surface area (Å²) in [6.45, 7) is 6.94. The molecule has 9 heteroatoms. The zero-order valence-electron chi connectivity index (χ0n) is 20.3. The van der Waals surface area contributed by atoms with Crippen molar-refractivity contribution in [1.29, 1.82) is 0 Å². The van der Waals surface area contributed by atoms with Crippen LogP contribution < -0.4 is 9.80 Å². The molecule has 2 fully saturated rings. The summed E-state index contributed by atoms with van der Waals surface area (Å²) in [5.74, 6) is -0.380. The number of hydrogen-bond acceptors (Lipinski definition) is 6. The molecule has 1 spiro atoms. The van der Waals surface area contributed by atoms with Crippen LogP contribution in [0.2, 0.25) is 18.6 Å². The zero-order chi connectivity index (χ0) is 25.0. The molecular formula is C26H32N2O6Si. The number of ether oxygens (including phenoxy) is 2. The first-order chi connectivity index (χ1) is 16.7. The van der Waals surface area contributed by atoms with Crippen molar-refractivity contribution in [3.8, 4) is 0 Å². The molecule has 35 heavy (non-hydrogen) atoms. The molecule has 0 aliphatic carbocycles. The lowest BCUT2D eigenvalue weighted by molar-refractivity contribution is -0.146. The number of aliphatic hydroxyl groups is 1. The number of aliphatic hydroxyl groups excluding tert-OH is 1. The number of anilines is 2. The molecule has 186 valence electrons. The highest BCUT2D eigenvalue weighted by Crippen LogP contribution is 2.59. The van der Waals surface area contributed by atoms with Gasteiger partial charge in [0.1, 0.15) is 6.61 Å². The van der Waals surface area contributed by atoms with E-state index in [1.54, 1.807) is 9.80 Å². The highest BCUT2D eigenvalue weighted by Gasteiger charge is 2.65. The summed E-state index contributed by atoms with van der Waals surface area (Å²) in [5, 5.41) is 9.68. The summed E-state index contributed by atoms with van der Waals surface area (Å²) in [5.41, 5.74) is 1.93. The van der Waals surface area contributed by atoms with Gasteiger partial charge in [0, 0.05) is 29.3 Å². The lowest BCUT2D eigenvalue weighted by Crippen LogP contribution is -2.46. The Morgan fingerprint density at radius 3 is 2.46 bits per heavy atom. The fourth-order valence-corrected chi connectivity index (χ4v) is 8.78. The van der Waals surface area contributed by atoms with Crippen LogP contribution in [0.4, 0.5) is 16.2 Å². The number of amides is 2. The minimum atomic E-state index is -2.70. The van der Waals surface area contributed by atoms with E-state index in [2.05, 4.69) is 0 Å². The van der Waals surface area contributed by atoms with E-state index in [4.69, 9.17) is 9.47 Å². The van der Waals surface area contributed by atoms with E-state index in [1.807, 2.05) is 68.5 Å². The molecule has 0 aromatic heterocycles. The maximum absolute atomic E-state index is 14.1. The van der Waals surface area contributed by atoms with Gasteiger partial charge in [-0.25, -0.2) is 4.79 Å². The quantitative estimate of drug-likeness (QED) is 0.595. The van der Waals surface area contributed by atoms with Gasteiger partial charge in [-0.2, -0.15) is 0 Å². The minimum absolute atomic E-state index is 0.0646. The molecule has 3 heterocycles. The third-order valence-electron chi connectivity index (χ3n) is 7.65. The average Bonchev–Trinajstić information content (AvgIpc) is 3.45. The minimum Gasteiger partial charge on any atom is -0.447 e. The number of para-hydroxylation sites is 1. The summed E-state index contributed by atoms with van der Waals surface area (Å²) in [6, 6.07) is 15.3. The Hall–Kier alpha value is -2.72. The predicted octanol–water partition coefficient (Wildman–Crippen LogP) is 3.37. The van der Waals surface area contributed by atoms with Gasteiger partial charge in [0.2, 0.25) is 0 Å². The Morgan fingerprint density at radius 1 is 1.11 bits per heavy atom. The Labute approximate surface area is 206 Å². The second kappa shape index (κ2) is 8.74. The van der Waals surface area contributed by atoms with Gasteiger partial charge in [-0.3, -0.25) is 9.69 Å². The summed E-state index contributed by atoms with van der Waals surface area (Å²) in [7, 11) is -2.70. The summed E-state index contributed by atoms with van der Waals surface area (Å²) < 4.78 is 11.6. The molecule has 0 unspecified atom stereocenters. The molecule has 4 atom stereocenters. The van der Waals surface area contributed by atoms with E-state index in [0.717, 1.165) is 22.5 Å². The van der Waals surface area contributed by atoms with E-state index in [9.17, 15) is 19.5 Å². The molecule has 2 saturated heterocycles. The van der Waals surface area contributed by atoms with Crippen LogP contribution >= 0.6 is 0 Å². The van der Waals surface area contributed by atoms with Crippen molar-refractivity contribution in [3.63, 3.8) is 0 Å². The second-order valence-corrected chi connectivity index (χ2v) is 14.2. The highest BCUT2D eigenvalue weighted by molar-refractivity contribution is 6.71. The maximum Gasteiger partial charge on any atom is 0.414 e. The number of nitrogens with zero attached hydrogens (tertiary/aromatic N) is 2. The van der Waals surface area contributed by atoms with Crippen LogP contribution in [0.5, 0.6) is 0 Å². The molecule has 2 aromatic carbocycles. The van der Waals surface area contributed by atoms with Gasteiger partial charge in [0.15, 0.2) is 13.9 Å². The molecular weight excluding hydrogens is 464 g/mol. The largest absolute Gasteiger partial charge is 0.447 e. The van der Waals surface area contributed by atoms with E-state index in [1.165, 1.54) is 0 Å². The van der Waals surface area contributed by atoms with Crippen LogP contribution in [0, 0.1) is 5.92 Å². The van der Waals surface area contributed by atoms with Crippen molar-refractivity contribution in [3.05, 3.63) is 59.7 Å². The van der Waals surface area contributed by atoms with Gasteiger partial charge in [0.25, 0.3) is 5.91 Å². The SMILES string of the molecule is C[C@H]1[C@H]([Si](C)(C)O)[C@@H](CCO)O[C@]12C(=O)N(Cc1ccc(N3CCOC3=O)cc1)c1ccccc12. The number of cyclic esters (lactones) is 1. The van der Waals surface area contributed by atoms with E-state index >= 15 is 0 Å². The fraction of sp³-hybridized carbons (Fsp3) is 0.462. The topological polar surface area (TPSA) is 99.5 Å². The van der Waals surface area contributed by atoms with Crippen molar-refractivity contribution >= 4 is 31.7 Å². The average molecular weight is 497 g/mol. The Morgan fingerprint density at radius 2 is 1.83 bits per heavy atom. The van der Waals surface area contributed by atoms with Crippen molar-refractivity contribution in [2.75, 3.05) is 29.6 Å². The van der Waals surface area contributed by atoms with Gasteiger partial charge >= 0.3 is 6.09 Å². The molecule has 0 bridgehead atoms. The molecule has 2 aromatic rings. The van der Waals surface area contributed by atoms with Crippen molar-refractivity contribution < 1.29 is 29.0 Å². The third kappa shape index (κ3) is 3.77. The number of carbonyl (C=O) groups is 2. The molecule has 3 aliphatic rings. The molecule has 8 nitrogen and oxygen atoms in total. The molecule has 2 N–H and O–H groups in total. The van der Waals surface area contributed by atoms with E-state index in [0.29, 0.717) is 26.1 Å². The lowest BCUT2D eigenvalue weighted by atomic mass is 9.82. The molecule has 0 saturated carbocycles. The van der Waals surface area contributed by atoms with E-state index in [-0.39, 0.29) is 30.1 Å². The summed E-state index contributed by atoms with van der Waals surface area (Å²) in [4.78, 5) is 40.5. The third-order valence-corrected chi connectivity index (χ3v) is 10.2. The zero-order valence-corrected chi connectivity index (χ0v) is 21.3. The monoisotopic (exact) mass is 496 g/mol. The smallest absolute Gasteiger partial charge is 0.414 e. The van der Waals surface area contributed by atoms with Gasteiger partial charge < -0.3 is 24.3 Å². The van der Waals surface area contributed by atoms with Crippen molar-refractivity contribution in [1.82, 2.24) is 0 Å². The number of hydrogen-bond donors (Lipinski definition) is 2. The van der Waals surface area contributed by atoms with Crippen LogP contribution in [0.25, 0.3) is 0 Å². The molecule has 3 aliphatic heterocycles. The van der Waals surface area contributed by atoms with Crippen molar-refractivity contribution in [2.24, 2.45) is 5.92 Å². The van der Waals surface area contributed by atoms with Gasteiger partial charge in [-0.05, 0) is 43.3 Å². The van der Waals surface area contributed by atoms with Crippen molar-refractivity contribution in [2.45, 2.75) is 50.2 Å². The summed E-state index contributed by atoms with van der Waals surface area (Å²) in [6.07, 6.45) is -0.361. The predicted molar refractivity (Wildman–Crippen MR) is 134 cm³/mol. The number of fused-ring (bicyclic) bond motifs is 2. The highest BCUT2D eigenvalue weighted by atomic mass is 28.4. The van der Waals surface area contributed by atoms with Crippen LogP contribution in [0.1, 0.15) is 24.5 Å². The lowest BCUT2D eigenvalue weighted by Gasteiger charge is -2.32. The first kappa shape index (κ1) is 24.0.